The molecule has 0 unspecified atom stereocenters. The van der Waals surface area contributed by atoms with Crippen LogP contribution in [0.3, 0.4) is 0 Å². The number of aromatic amines is 1. The highest BCUT2D eigenvalue weighted by Gasteiger charge is 2.08. The lowest BCUT2D eigenvalue weighted by Gasteiger charge is -2.02. The number of benzene rings is 2. The fourth-order valence-corrected chi connectivity index (χ4v) is 2.49. The molecule has 3 aromatic rings. The lowest BCUT2D eigenvalue weighted by molar-refractivity contribution is 0.474. The summed E-state index contributed by atoms with van der Waals surface area (Å²) in [6, 6.07) is 10.8. The second kappa shape index (κ2) is 6.43. The van der Waals surface area contributed by atoms with E-state index in [1.54, 1.807) is 30.3 Å². The number of aromatic nitrogens is 3. The first kappa shape index (κ1) is 15.6. The zero-order valence-electron chi connectivity index (χ0n) is 11.6. The number of phenolic OH excluding ortho intramolecular Hbond substituents is 1. The summed E-state index contributed by atoms with van der Waals surface area (Å²) in [4.78, 5) is 0. The number of phenols is 1. The minimum atomic E-state index is -0.336. The van der Waals surface area contributed by atoms with Crippen LogP contribution in [0.5, 0.6) is 5.75 Å². The van der Waals surface area contributed by atoms with Crippen molar-refractivity contribution in [1.82, 2.24) is 14.9 Å². The van der Waals surface area contributed by atoms with Crippen molar-refractivity contribution >= 4 is 34.4 Å². The highest BCUT2D eigenvalue weighted by molar-refractivity contribution is 9.10. The molecular weight excluding hydrogens is 383 g/mol. The summed E-state index contributed by atoms with van der Waals surface area (Å²) in [5, 5.41) is 20.8. The van der Waals surface area contributed by atoms with E-state index < -0.39 is 0 Å². The summed E-state index contributed by atoms with van der Waals surface area (Å²) in [7, 11) is 0. The zero-order valence-corrected chi connectivity index (χ0v) is 14.0. The molecule has 0 amide bonds. The van der Waals surface area contributed by atoms with Crippen LogP contribution >= 0.6 is 28.1 Å². The van der Waals surface area contributed by atoms with Crippen LogP contribution in [-0.4, -0.2) is 26.2 Å². The maximum atomic E-state index is 13.0. The van der Waals surface area contributed by atoms with Crippen molar-refractivity contribution in [2.45, 2.75) is 0 Å². The molecule has 0 aliphatic carbocycles. The van der Waals surface area contributed by atoms with Gasteiger partial charge in [0.25, 0.3) is 0 Å². The van der Waals surface area contributed by atoms with Crippen molar-refractivity contribution in [3.8, 4) is 17.1 Å². The first-order chi connectivity index (χ1) is 11.0. The van der Waals surface area contributed by atoms with Gasteiger partial charge >= 0.3 is 0 Å². The molecule has 116 valence electrons. The number of aromatic hydroxyl groups is 1. The highest BCUT2D eigenvalue weighted by atomic mass is 79.9. The molecule has 2 N–H and O–H groups in total. The van der Waals surface area contributed by atoms with Gasteiger partial charge in [-0.2, -0.15) is 14.9 Å². The minimum absolute atomic E-state index is 0.0929. The fourth-order valence-electron chi connectivity index (χ4n) is 1.93. The number of rotatable bonds is 3. The van der Waals surface area contributed by atoms with E-state index in [1.165, 1.54) is 23.0 Å². The topological polar surface area (TPSA) is 66.2 Å². The van der Waals surface area contributed by atoms with Crippen LogP contribution in [0.25, 0.3) is 11.4 Å². The third-order valence-electron chi connectivity index (χ3n) is 3.05. The van der Waals surface area contributed by atoms with E-state index in [4.69, 9.17) is 12.2 Å². The molecule has 5 nitrogen and oxygen atoms in total. The normalized spacial score (nSPS) is 11.2. The van der Waals surface area contributed by atoms with Crippen molar-refractivity contribution < 1.29 is 9.50 Å². The average Bonchev–Trinajstić information content (AvgIpc) is 2.90. The predicted molar refractivity (Wildman–Crippen MR) is 91.6 cm³/mol. The van der Waals surface area contributed by atoms with Gasteiger partial charge in [0.1, 0.15) is 11.6 Å². The molecule has 0 radical (unpaired) electrons. The van der Waals surface area contributed by atoms with Crippen molar-refractivity contribution in [2.75, 3.05) is 0 Å². The lowest BCUT2D eigenvalue weighted by atomic mass is 10.2. The van der Waals surface area contributed by atoms with Gasteiger partial charge in [0.2, 0.25) is 4.77 Å². The quantitative estimate of drug-likeness (QED) is 0.520. The number of halogens is 2. The second-order valence-electron chi connectivity index (χ2n) is 4.62. The third-order valence-corrected chi connectivity index (χ3v) is 3.81. The van der Waals surface area contributed by atoms with Gasteiger partial charge in [0, 0.05) is 15.6 Å². The molecule has 0 spiro atoms. The molecule has 8 heteroatoms. The Kier molecular flexibility index (Phi) is 4.35. The minimum Gasteiger partial charge on any atom is -0.507 e. The molecule has 0 atom stereocenters. The van der Waals surface area contributed by atoms with Crippen molar-refractivity contribution in [1.29, 1.82) is 0 Å². The molecule has 23 heavy (non-hydrogen) atoms. The number of hydrogen-bond donors (Lipinski definition) is 2. The third kappa shape index (κ3) is 3.38. The zero-order chi connectivity index (χ0) is 16.4. The number of nitrogens with one attached hydrogen (secondary N) is 1. The lowest BCUT2D eigenvalue weighted by Crippen LogP contribution is -1.95. The molecule has 0 aliphatic rings. The van der Waals surface area contributed by atoms with E-state index >= 15 is 0 Å². The van der Waals surface area contributed by atoms with Gasteiger partial charge in [-0.1, -0.05) is 15.9 Å². The van der Waals surface area contributed by atoms with Gasteiger partial charge in [-0.3, -0.25) is 0 Å². The van der Waals surface area contributed by atoms with Crippen molar-refractivity contribution in [3.63, 3.8) is 0 Å². The second-order valence-corrected chi connectivity index (χ2v) is 5.92. The van der Waals surface area contributed by atoms with Gasteiger partial charge in [-0.25, -0.2) is 9.49 Å². The predicted octanol–water partition coefficient (Wildman–Crippen LogP) is 4.10. The van der Waals surface area contributed by atoms with Gasteiger partial charge < -0.3 is 5.11 Å². The van der Waals surface area contributed by atoms with Gasteiger partial charge in [-0.05, 0) is 54.7 Å². The van der Waals surface area contributed by atoms with Crippen LogP contribution in [0.4, 0.5) is 4.39 Å². The largest absolute Gasteiger partial charge is 0.507 e. The summed E-state index contributed by atoms with van der Waals surface area (Å²) < 4.78 is 15.5. The van der Waals surface area contributed by atoms with Crippen LogP contribution in [-0.2, 0) is 0 Å². The van der Waals surface area contributed by atoms with E-state index in [0.717, 1.165) is 4.47 Å². The van der Waals surface area contributed by atoms with Crippen LogP contribution in [0.2, 0.25) is 0 Å². The fraction of sp³-hybridized carbons (Fsp3) is 0. The Morgan fingerprint density at radius 2 is 2.00 bits per heavy atom. The molecule has 0 saturated heterocycles. The molecule has 0 bridgehead atoms. The van der Waals surface area contributed by atoms with Crippen LogP contribution in [0, 0.1) is 10.6 Å². The molecule has 3 rings (SSSR count). The Morgan fingerprint density at radius 1 is 1.26 bits per heavy atom. The van der Waals surface area contributed by atoms with E-state index in [9.17, 15) is 9.50 Å². The Balaban J connectivity index is 2.02. The molecule has 1 aromatic heterocycles. The van der Waals surface area contributed by atoms with Crippen LogP contribution < -0.4 is 0 Å². The van der Waals surface area contributed by atoms with Crippen LogP contribution in [0.1, 0.15) is 5.56 Å². The Bertz CT molecular complexity index is 933. The van der Waals surface area contributed by atoms with Crippen molar-refractivity contribution in [3.05, 3.63) is 63.1 Å². The van der Waals surface area contributed by atoms with E-state index in [1.807, 2.05) is 0 Å². The SMILES string of the molecule is Oc1ccc(Br)cc1/C=N/n1c(-c2ccc(F)cc2)n[nH]c1=S. The van der Waals surface area contributed by atoms with E-state index in [2.05, 4.69) is 31.2 Å². The number of nitrogens with zero attached hydrogens (tertiary/aromatic N) is 3. The molecule has 0 fully saturated rings. The number of hydrogen-bond acceptors (Lipinski definition) is 4. The summed E-state index contributed by atoms with van der Waals surface area (Å²) in [5.41, 5.74) is 1.18. The highest BCUT2D eigenvalue weighted by Crippen LogP contribution is 2.21. The molecule has 0 saturated carbocycles. The number of H-pyrrole nitrogens is 1. The molecular formula is C15H10BrFN4OS. The monoisotopic (exact) mass is 392 g/mol. The summed E-state index contributed by atoms with van der Waals surface area (Å²) in [5.74, 6) is 0.202. The smallest absolute Gasteiger partial charge is 0.216 e. The Labute approximate surface area is 144 Å². The average molecular weight is 393 g/mol. The maximum Gasteiger partial charge on any atom is 0.216 e. The summed E-state index contributed by atoms with van der Waals surface area (Å²) in [6.07, 6.45) is 1.47. The first-order valence-electron chi connectivity index (χ1n) is 6.51. The Hall–Kier alpha value is -2.32. The molecule has 1 heterocycles. The van der Waals surface area contributed by atoms with Gasteiger partial charge in [-0.15, -0.1) is 0 Å². The summed E-state index contributed by atoms with van der Waals surface area (Å²) in [6.45, 7) is 0. The van der Waals surface area contributed by atoms with E-state index in [-0.39, 0.29) is 16.3 Å². The first-order valence-corrected chi connectivity index (χ1v) is 7.71. The maximum absolute atomic E-state index is 13.0. The molecule has 2 aromatic carbocycles. The van der Waals surface area contributed by atoms with E-state index in [0.29, 0.717) is 17.0 Å². The van der Waals surface area contributed by atoms with Gasteiger partial charge in [0.05, 0.1) is 6.21 Å². The van der Waals surface area contributed by atoms with Gasteiger partial charge in [0.15, 0.2) is 5.82 Å². The van der Waals surface area contributed by atoms with Crippen molar-refractivity contribution in [2.24, 2.45) is 5.10 Å². The summed E-state index contributed by atoms with van der Waals surface area (Å²) >= 11 is 8.49. The van der Waals surface area contributed by atoms with Crippen LogP contribution in [0.15, 0.2) is 52.0 Å². The standard InChI is InChI=1S/C15H10BrFN4OS/c16-11-3-6-13(22)10(7-11)8-18-21-14(19-20-15(21)23)9-1-4-12(17)5-2-9/h1-8,22H,(H,20,23)/b18-8+. The Morgan fingerprint density at radius 3 is 2.74 bits per heavy atom. The molecule has 0 aliphatic heterocycles.